The zero-order valence-corrected chi connectivity index (χ0v) is 16.3. The van der Waals surface area contributed by atoms with E-state index >= 15 is 0 Å². The largest absolute Gasteiger partial charge is 0.391 e. The molecule has 0 aliphatic rings. The van der Waals surface area contributed by atoms with E-state index in [0.717, 1.165) is 18.1 Å². The van der Waals surface area contributed by atoms with Crippen LogP contribution in [0.4, 0.5) is 8.78 Å². The highest BCUT2D eigenvalue weighted by Gasteiger charge is 2.29. The van der Waals surface area contributed by atoms with Crippen LogP contribution in [0.5, 0.6) is 0 Å². The van der Waals surface area contributed by atoms with Gasteiger partial charge in [0.2, 0.25) is 5.91 Å². The van der Waals surface area contributed by atoms with E-state index in [1.807, 2.05) is 12.1 Å². The summed E-state index contributed by atoms with van der Waals surface area (Å²) in [6.45, 7) is 4.51. The van der Waals surface area contributed by atoms with Crippen LogP contribution in [0.1, 0.15) is 30.5 Å². The third-order valence-electron chi connectivity index (χ3n) is 5.06. The van der Waals surface area contributed by atoms with Crippen molar-refractivity contribution in [3.8, 4) is 0 Å². The number of aryl methyl sites for hydroxylation is 1. The molecule has 0 heterocycles. The molecule has 0 aromatic heterocycles. The Morgan fingerprint density at radius 3 is 2.36 bits per heavy atom. The molecular weight excluding hydrogens is 362 g/mol. The van der Waals surface area contributed by atoms with Crippen LogP contribution in [0.15, 0.2) is 42.5 Å². The van der Waals surface area contributed by atoms with Crippen molar-refractivity contribution in [3.63, 3.8) is 0 Å². The molecular formula is C22H28F2N2O2. The number of halogens is 2. The lowest BCUT2D eigenvalue weighted by Crippen LogP contribution is -2.41. The number of aliphatic hydroxyl groups excluding tert-OH is 1. The summed E-state index contributed by atoms with van der Waals surface area (Å²) in [5, 5.41) is 13.8. The molecule has 2 aromatic rings. The Morgan fingerprint density at radius 2 is 1.75 bits per heavy atom. The van der Waals surface area contributed by atoms with Crippen LogP contribution < -0.4 is 11.1 Å². The summed E-state index contributed by atoms with van der Waals surface area (Å²) in [4.78, 5) is 11.7. The molecule has 4 nitrogen and oxygen atoms in total. The van der Waals surface area contributed by atoms with Gasteiger partial charge >= 0.3 is 0 Å². The maximum atomic E-state index is 13.5. The van der Waals surface area contributed by atoms with Crippen molar-refractivity contribution in [2.75, 3.05) is 6.54 Å². The van der Waals surface area contributed by atoms with Gasteiger partial charge in [-0.05, 0) is 41.7 Å². The van der Waals surface area contributed by atoms with Gasteiger partial charge in [-0.3, -0.25) is 4.79 Å². The van der Waals surface area contributed by atoms with E-state index in [1.54, 1.807) is 6.92 Å². The van der Waals surface area contributed by atoms with E-state index in [0.29, 0.717) is 12.1 Å². The topological polar surface area (TPSA) is 75.3 Å². The van der Waals surface area contributed by atoms with E-state index in [9.17, 15) is 18.7 Å². The Bertz CT molecular complexity index is 778. The molecule has 3 unspecified atom stereocenters. The number of hydrogen-bond donors (Lipinski definition) is 3. The van der Waals surface area contributed by atoms with Crippen molar-refractivity contribution in [2.45, 2.75) is 39.3 Å². The standard InChI is InChI=1S/C22H28F2N2O2/c1-3-15-5-4-6-16(7-15)12-26-13-21(27)20(14(2)22(25)28)10-17-8-18(23)11-19(24)9-17/h4-9,11,14,20-21,26-27H,3,10,12-13H2,1-2H3,(H2,25,28). The first-order valence-corrected chi connectivity index (χ1v) is 9.51. The van der Waals surface area contributed by atoms with Gasteiger partial charge < -0.3 is 16.2 Å². The summed E-state index contributed by atoms with van der Waals surface area (Å²) in [6, 6.07) is 11.3. The summed E-state index contributed by atoms with van der Waals surface area (Å²) in [7, 11) is 0. The number of hydrogen-bond acceptors (Lipinski definition) is 3. The van der Waals surface area contributed by atoms with Crippen LogP contribution in [0.3, 0.4) is 0 Å². The van der Waals surface area contributed by atoms with Crippen molar-refractivity contribution >= 4 is 5.91 Å². The minimum Gasteiger partial charge on any atom is -0.391 e. The van der Waals surface area contributed by atoms with E-state index in [1.165, 1.54) is 17.7 Å². The predicted octanol–water partition coefficient (Wildman–Crippen LogP) is 2.96. The Labute approximate surface area is 164 Å². The van der Waals surface area contributed by atoms with Crippen LogP contribution in [-0.2, 0) is 24.2 Å². The monoisotopic (exact) mass is 390 g/mol. The van der Waals surface area contributed by atoms with Gasteiger partial charge in [-0.2, -0.15) is 0 Å². The van der Waals surface area contributed by atoms with Gasteiger partial charge in [0.15, 0.2) is 0 Å². The first-order valence-electron chi connectivity index (χ1n) is 9.51. The number of primary amides is 1. The summed E-state index contributed by atoms with van der Waals surface area (Å²) in [5.41, 5.74) is 8.13. The van der Waals surface area contributed by atoms with Crippen molar-refractivity contribution in [3.05, 3.63) is 70.8 Å². The average molecular weight is 390 g/mol. The molecule has 3 atom stereocenters. The van der Waals surface area contributed by atoms with Crippen molar-refractivity contribution < 1.29 is 18.7 Å². The van der Waals surface area contributed by atoms with E-state index < -0.39 is 35.5 Å². The SMILES string of the molecule is CCc1cccc(CNCC(O)C(Cc2cc(F)cc(F)c2)C(C)C(N)=O)c1. The van der Waals surface area contributed by atoms with Gasteiger partial charge in [0.1, 0.15) is 11.6 Å². The van der Waals surface area contributed by atoms with Crippen molar-refractivity contribution in [2.24, 2.45) is 17.6 Å². The minimum absolute atomic E-state index is 0.146. The third-order valence-corrected chi connectivity index (χ3v) is 5.06. The summed E-state index contributed by atoms with van der Waals surface area (Å²) in [5.74, 6) is -3.15. The molecule has 152 valence electrons. The van der Waals surface area contributed by atoms with E-state index in [4.69, 9.17) is 5.73 Å². The van der Waals surface area contributed by atoms with Gasteiger partial charge in [0.25, 0.3) is 0 Å². The smallest absolute Gasteiger partial charge is 0.220 e. The maximum absolute atomic E-state index is 13.5. The molecule has 0 radical (unpaired) electrons. The van der Waals surface area contributed by atoms with Crippen LogP contribution in [0.25, 0.3) is 0 Å². The highest BCUT2D eigenvalue weighted by Crippen LogP contribution is 2.23. The zero-order chi connectivity index (χ0) is 20.7. The second-order valence-electron chi connectivity index (χ2n) is 7.21. The summed E-state index contributed by atoms with van der Waals surface area (Å²) >= 11 is 0. The maximum Gasteiger partial charge on any atom is 0.220 e. The van der Waals surface area contributed by atoms with E-state index in [-0.39, 0.29) is 13.0 Å². The molecule has 0 bridgehead atoms. The van der Waals surface area contributed by atoms with Gasteiger partial charge in [-0.25, -0.2) is 8.78 Å². The molecule has 0 aliphatic heterocycles. The quantitative estimate of drug-likeness (QED) is 0.584. The van der Waals surface area contributed by atoms with Crippen molar-refractivity contribution in [1.29, 1.82) is 0 Å². The van der Waals surface area contributed by atoms with Crippen LogP contribution in [0.2, 0.25) is 0 Å². The average Bonchev–Trinajstić information content (AvgIpc) is 2.64. The van der Waals surface area contributed by atoms with Crippen LogP contribution in [-0.4, -0.2) is 23.7 Å². The van der Waals surface area contributed by atoms with Gasteiger partial charge in [-0.15, -0.1) is 0 Å². The summed E-state index contributed by atoms with van der Waals surface area (Å²) < 4.78 is 27.0. The first-order chi connectivity index (χ1) is 13.3. The Balaban J connectivity index is 2.04. The number of carbonyl (C=O) groups excluding carboxylic acids is 1. The highest BCUT2D eigenvalue weighted by molar-refractivity contribution is 5.76. The lowest BCUT2D eigenvalue weighted by Gasteiger charge is -2.27. The number of aliphatic hydroxyl groups is 1. The van der Waals surface area contributed by atoms with Gasteiger partial charge in [0.05, 0.1) is 6.10 Å². The van der Waals surface area contributed by atoms with Gasteiger partial charge in [-0.1, -0.05) is 38.1 Å². The second-order valence-corrected chi connectivity index (χ2v) is 7.21. The van der Waals surface area contributed by atoms with Crippen LogP contribution >= 0.6 is 0 Å². The Morgan fingerprint density at radius 1 is 1.11 bits per heavy atom. The number of rotatable bonds is 10. The molecule has 0 spiro atoms. The fourth-order valence-corrected chi connectivity index (χ4v) is 3.33. The molecule has 28 heavy (non-hydrogen) atoms. The second kappa shape index (κ2) is 10.3. The molecule has 2 aromatic carbocycles. The molecule has 2 rings (SSSR count). The highest BCUT2D eigenvalue weighted by atomic mass is 19.1. The third kappa shape index (κ3) is 6.39. The lowest BCUT2D eigenvalue weighted by molar-refractivity contribution is -0.124. The molecule has 0 saturated carbocycles. The van der Waals surface area contributed by atoms with Gasteiger partial charge in [0, 0.05) is 31.0 Å². The zero-order valence-electron chi connectivity index (χ0n) is 16.3. The molecule has 0 aliphatic carbocycles. The molecule has 4 N–H and O–H groups in total. The molecule has 0 fully saturated rings. The normalized spacial score (nSPS) is 14.5. The van der Waals surface area contributed by atoms with E-state index in [2.05, 4.69) is 24.4 Å². The number of nitrogens with one attached hydrogen (secondary N) is 1. The number of amides is 1. The number of carbonyl (C=O) groups is 1. The van der Waals surface area contributed by atoms with Crippen molar-refractivity contribution in [1.82, 2.24) is 5.32 Å². The fourth-order valence-electron chi connectivity index (χ4n) is 3.33. The predicted molar refractivity (Wildman–Crippen MR) is 105 cm³/mol. The molecule has 6 heteroatoms. The fraction of sp³-hybridized carbons (Fsp3) is 0.409. The lowest BCUT2D eigenvalue weighted by atomic mass is 9.83. The number of benzene rings is 2. The molecule has 1 amide bonds. The van der Waals surface area contributed by atoms with Crippen LogP contribution in [0, 0.1) is 23.5 Å². The molecule has 0 saturated heterocycles. The minimum atomic E-state index is -0.900. The first kappa shape index (κ1) is 22.0. The Kier molecular flexibility index (Phi) is 8.08. The summed E-state index contributed by atoms with van der Waals surface area (Å²) in [6.07, 6.45) is 0.189. The number of nitrogens with two attached hydrogens (primary N) is 1. The Hall–Kier alpha value is -2.31.